The molecule has 156 valence electrons. The Morgan fingerprint density at radius 3 is 2.93 bits per heavy atom. The Morgan fingerprint density at radius 1 is 1.33 bits per heavy atom. The summed E-state index contributed by atoms with van der Waals surface area (Å²) >= 11 is 7.40. The number of aromatic nitrogens is 4. The average molecular weight is 445 g/mol. The molecule has 1 aromatic carbocycles. The Hall–Kier alpha value is -2.62. The minimum Gasteiger partial charge on any atom is -0.369 e. The van der Waals surface area contributed by atoms with E-state index in [4.69, 9.17) is 16.3 Å². The lowest BCUT2D eigenvalue weighted by atomic mass is 10.0. The second kappa shape index (κ2) is 9.46. The maximum atomic E-state index is 12.7. The van der Waals surface area contributed by atoms with Crippen molar-refractivity contribution < 1.29 is 9.53 Å². The van der Waals surface area contributed by atoms with Crippen molar-refractivity contribution in [3.8, 4) is 0 Å². The smallest absolute Gasteiger partial charge is 0.205 e. The monoisotopic (exact) mass is 444 g/mol. The van der Waals surface area contributed by atoms with Crippen LogP contribution in [0.15, 0.2) is 42.6 Å². The Labute approximate surface area is 183 Å². The molecule has 1 N–H and O–H groups in total. The first-order valence-corrected chi connectivity index (χ1v) is 10.7. The lowest BCUT2D eigenvalue weighted by Crippen LogP contribution is -2.26. The number of ketones is 1. The molecule has 0 amide bonds. The van der Waals surface area contributed by atoms with Crippen LogP contribution >= 0.6 is 22.9 Å². The van der Waals surface area contributed by atoms with Gasteiger partial charge in [0.1, 0.15) is 11.1 Å². The number of hydrogen-bond donors (Lipinski definition) is 1. The predicted octanol–water partition coefficient (Wildman–Crippen LogP) is 3.17. The summed E-state index contributed by atoms with van der Waals surface area (Å²) in [6.07, 6.45) is 2.03. The molecule has 0 radical (unpaired) electrons. The topological polar surface area (TPSA) is 93.1 Å². The van der Waals surface area contributed by atoms with Crippen LogP contribution in [0.5, 0.6) is 0 Å². The molecule has 1 aliphatic rings. The number of benzene rings is 1. The number of carbonyl (C=O) groups excluding carboxylic acids is 1. The molecule has 10 heteroatoms. The number of halogens is 1. The predicted molar refractivity (Wildman–Crippen MR) is 116 cm³/mol. The zero-order chi connectivity index (χ0) is 20.9. The lowest BCUT2D eigenvalue weighted by Gasteiger charge is -2.17. The van der Waals surface area contributed by atoms with Crippen LogP contribution in [0.1, 0.15) is 23.1 Å². The first-order chi connectivity index (χ1) is 14.6. The molecule has 3 aromatic rings. The van der Waals surface area contributed by atoms with Gasteiger partial charge in [-0.15, -0.1) is 15.3 Å². The quantitative estimate of drug-likeness (QED) is 0.566. The van der Waals surface area contributed by atoms with E-state index in [0.717, 1.165) is 30.9 Å². The largest absolute Gasteiger partial charge is 0.369 e. The van der Waals surface area contributed by atoms with Gasteiger partial charge >= 0.3 is 0 Å². The van der Waals surface area contributed by atoms with Gasteiger partial charge in [-0.2, -0.15) is 5.10 Å². The molecule has 1 fully saturated rings. The summed E-state index contributed by atoms with van der Waals surface area (Å²) in [5.74, 6) is 0.722. The van der Waals surface area contributed by atoms with E-state index in [2.05, 4.69) is 30.6 Å². The summed E-state index contributed by atoms with van der Waals surface area (Å²) in [7, 11) is 1.54. The molecule has 0 bridgehead atoms. The fourth-order valence-electron chi connectivity index (χ4n) is 3.45. The Balaban J connectivity index is 1.34. The third-order valence-electron chi connectivity index (χ3n) is 4.87. The van der Waals surface area contributed by atoms with E-state index in [1.165, 1.54) is 17.5 Å². The van der Waals surface area contributed by atoms with Crippen LogP contribution in [0.25, 0.3) is 0 Å². The first-order valence-electron chi connectivity index (χ1n) is 9.55. The molecule has 0 aliphatic carbocycles. The molecule has 0 unspecified atom stereocenters. The van der Waals surface area contributed by atoms with Crippen molar-refractivity contribution in [3.63, 3.8) is 0 Å². The lowest BCUT2D eigenvalue weighted by molar-refractivity contribution is -0.128. The molecule has 4 rings (SSSR count). The van der Waals surface area contributed by atoms with Crippen molar-refractivity contribution in [3.05, 3.63) is 58.2 Å². The van der Waals surface area contributed by atoms with Crippen molar-refractivity contribution in [2.45, 2.75) is 25.0 Å². The van der Waals surface area contributed by atoms with E-state index in [0.29, 0.717) is 15.2 Å². The summed E-state index contributed by atoms with van der Waals surface area (Å²) in [5.41, 5.74) is 0.836. The van der Waals surface area contributed by atoms with Crippen molar-refractivity contribution >= 4 is 39.7 Å². The minimum absolute atomic E-state index is 0.0435. The highest BCUT2D eigenvalue weighted by Gasteiger charge is 2.26. The highest BCUT2D eigenvalue weighted by molar-refractivity contribution is 7.15. The van der Waals surface area contributed by atoms with Gasteiger partial charge < -0.3 is 15.0 Å². The van der Waals surface area contributed by atoms with Gasteiger partial charge in [0.05, 0.1) is 17.6 Å². The number of Topliss-reactive ketones (excluding diaryl/α,β-unsaturated/α-hetero) is 1. The van der Waals surface area contributed by atoms with Crippen LogP contribution < -0.4 is 10.2 Å². The van der Waals surface area contributed by atoms with Crippen molar-refractivity contribution in [1.82, 2.24) is 20.4 Å². The minimum atomic E-state index is -0.603. The van der Waals surface area contributed by atoms with Crippen LogP contribution in [0.2, 0.25) is 5.02 Å². The van der Waals surface area contributed by atoms with Gasteiger partial charge in [-0.25, -0.2) is 0 Å². The number of methoxy groups -OCH3 is 1. The van der Waals surface area contributed by atoms with Gasteiger partial charge in [0, 0.05) is 32.3 Å². The van der Waals surface area contributed by atoms with Crippen LogP contribution in [-0.4, -0.2) is 52.4 Å². The molecule has 0 saturated carbocycles. The van der Waals surface area contributed by atoms with Gasteiger partial charge in [-0.3, -0.25) is 4.79 Å². The van der Waals surface area contributed by atoms with Gasteiger partial charge in [-0.05, 0) is 12.0 Å². The van der Waals surface area contributed by atoms with Gasteiger partial charge in [0.25, 0.3) is 0 Å². The molecule has 3 heterocycles. The van der Waals surface area contributed by atoms with Crippen LogP contribution in [0, 0.1) is 0 Å². The normalized spacial score (nSPS) is 17.1. The first kappa shape index (κ1) is 20.6. The third kappa shape index (κ3) is 4.92. The van der Waals surface area contributed by atoms with Crippen molar-refractivity contribution in [2.75, 3.05) is 30.4 Å². The van der Waals surface area contributed by atoms with E-state index in [1.54, 1.807) is 7.11 Å². The number of ether oxygens (including phenoxy) is 1. The van der Waals surface area contributed by atoms with Gasteiger partial charge in [0.15, 0.2) is 11.6 Å². The van der Waals surface area contributed by atoms with E-state index in [9.17, 15) is 4.79 Å². The molecule has 2 atom stereocenters. The summed E-state index contributed by atoms with van der Waals surface area (Å²) in [5, 5.41) is 21.8. The summed E-state index contributed by atoms with van der Waals surface area (Å²) in [6.45, 7) is 1.62. The molecule has 1 aliphatic heterocycles. The maximum Gasteiger partial charge on any atom is 0.205 e. The van der Waals surface area contributed by atoms with E-state index in [1.807, 2.05) is 36.4 Å². The Morgan fingerprint density at radius 2 is 2.17 bits per heavy atom. The fraction of sp³-hybridized carbons (Fsp3) is 0.350. The number of anilines is 2. The maximum absolute atomic E-state index is 12.7. The van der Waals surface area contributed by atoms with Gasteiger partial charge in [-0.1, -0.05) is 53.3 Å². The SMILES string of the molecule is CO[C@H](C(=O)Cc1nnc(N[C@@H]2CCN(c3cc(Cl)cnn3)C2)s1)c1ccccc1. The summed E-state index contributed by atoms with van der Waals surface area (Å²) < 4.78 is 5.41. The fourth-order valence-corrected chi connectivity index (χ4v) is 4.42. The molecular formula is C20H21ClN6O2S. The molecule has 1 saturated heterocycles. The van der Waals surface area contributed by atoms with E-state index >= 15 is 0 Å². The zero-order valence-corrected chi connectivity index (χ0v) is 17.9. The highest BCUT2D eigenvalue weighted by atomic mass is 35.5. The summed E-state index contributed by atoms with van der Waals surface area (Å²) in [4.78, 5) is 14.8. The van der Waals surface area contributed by atoms with Crippen molar-refractivity contribution in [1.29, 1.82) is 0 Å². The summed E-state index contributed by atoms with van der Waals surface area (Å²) in [6, 6.07) is 11.5. The molecule has 0 spiro atoms. The number of nitrogens with one attached hydrogen (secondary N) is 1. The molecular weight excluding hydrogens is 424 g/mol. The second-order valence-electron chi connectivity index (χ2n) is 6.98. The van der Waals surface area contributed by atoms with E-state index < -0.39 is 6.10 Å². The Bertz CT molecular complexity index is 1000. The van der Waals surface area contributed by atoms with Crippen LogP contribution in [0.4, 0.5) is 10.9 Å². The third-order valence-corrected chi connectivity index (χ3v) is 5.93. The van der Waals surface area contributed by atoms with Crippen LogP contribution in [-0.2, 0) is 16.0 Å². The number of hydrogen-bond acceptors (Lipinski definition) is 9. The number of carbonyl (C=O) groups is 1. The second-order valence-corrected chi connectivity index (χ2v) is 8.48. The number of nitrogens with zero attached hydrogens (tertiary/aromatic N) is 5. The molecule has 30 heavy (non-hydrogen) atoms. The van der Waals surface area contributed by atoms with Crippen molar-refractivity contribution in [2.24, 2.45) is 0 Å². The standard InChI is InChI=1S/C20H21ClN6O2S/c1-29-19(13-5-3-2-4-6-13)16(28)10-18-25-26-20(30-18)23-15-7-8-27(12-15)17-9-14(21)11-22-24-17/h2-6,9,11,15,19H,7-8,10,12H2,1H3,(H,23,26)/t15-,19+/m1/s1. The number of rotatable bonds is 8. The average Bonchev–Trinajstić information content (AvgIpc) is 3.39. The molecule has 2 aromatic heterocycles. The van der Waals surface area contributed by atoms with E-state index in [-0.39, 0.29) is 18.2 Å². The van der Waals surface area contributed by atoms with Crippen LogP contribution in [0.3, 0.4) is 0 Å². The highest BCUT2D eigenvalue weighted by Crippen LogP contribution is 2.25. The Kier molecular flexibility index (Phi) is 6.51. The zero-order valence-electron chi connectivity index (χ0n) is 16.4. The van der Waals surface area contributed by atoms with Gasteiger partial charge in [0.2, 0.25) is 5.13 Å². The molecule has 8 nitrogen and oxygen atoms in total.